The molecule has 0 aliphatic carbocycles. The SMILES string of the molecule is COCC(O)CN(C)S(=O)(=O)c1cc(Br)cc(N)c1C. The molecule has 0 radical (unpaired) electrons. The lowest BCUT2D eigenvalue weighted by atomic mass is 10.2. The van der Waals surface area contributed by atoms with Crippen molar-refractivity contribution in [3.63, 3.8) is 0 Å². The van der Waals surface area contributed by atoms with E-state index in [1.54, 1.807) is 13.0 Å². The van der Waals surface area contributed by atoms with E-state index < -0.39 is 16.1 Å². The minimum absolute atomic E-state index is 0.0535. The number of hydrogen-bond donors (Lipinski definition) is 2. The van der Waals surface area contributed by atoms with Gasteiger partial charge in [0.15, 0.2) is 0 Å². The quantitative estimate of drug-likeness (QED) is 0.731. The van der Waals surface area contributed by atoms with Gasteiger partial charge >= 0.3 is 0 Å². The van der Waals surface area contributed by atoms with Crippen molar-refractivity contribution in [1.82, 2.24) is 4.31 Å². The summed E-state index contributed by atoms with van der Waals surface area (Å²) in [6.45, 7) is 1.66. The Balaban J connectivity index is 3.11. The molecule has 114 valence electrons. The van der Waals surface area contributed by atoms with Crippen LogP contribution in [-0.4, -0.2) is 51.2 Å². The highest BCUT2D eigenvalue weighted by molar-refractivity contribution is 9.10. The molecule has 6 nitrogen and oxygen atoms in total. The fourth-order valence-electron chi connectivity index (χ4n) is 1.75. The Morgan fingerprint density at radius 3 is 2.65 bits per heavy atom. The Kier molecular flexibility index (Phi) is 5.96. The first-order valence-electron chi connectivity index (χ1n) is 5.89. The highest BCUT2D eigenvalue weighted by atomic mass is 79.9. The average molecular weight is 367 g/mol. The van der Waals surface area contributed by atoms with Crippen LogP contribution in [0.4, 0.5) is 5.69 Å². The third kappa shape index (κ3) is 3.92. The van der Waals surface area contributed by atoms with E-state index in [0.29, 0.717) is 15.7 Å². The summed E-state index contributed by atoms with van der Waals surface area (Å²) in [4.78, 5) is 0.122. The number of sulfonamides is 1. The fourth-order valence-corrected chi connectivity index (χ4v) is 3.86. The van der Waals surface area contributed by atoms with Crippen molar-refractivity contribution in [1.29, 1.82) is 0 Å². The molecule has 0 saturated heterocycles. The maximum atomic E-state index is 12.5. The summed E-state index contributed by atoms with van der Waals surface area (Å²) in [5.74, 6) is 0. The molecule has 0 spiro atoms. The summed E-state index contributed by atoms with van der Waals surface area (Å²) in [5.41, 5.74) is 6.66. The van der Waals surface area contributed by atoms with Gasteiger partial charge in [-0.15, -0.1) is 0 Å². The lowest BCUT2D eigenvalue weighted by Gasteiger charge is -2.21. The first-order valence-corrected chi connectivity index (χ1v) is 8.12. The van der Waals surface area contributed by atoms with Crippen LogP contribution in [0.5, 0.6) is 0 Å². The van der Waals surface area contributed by atoms with Crippen LogP contribution in [0.1, 0.15) is 5.56 Å². The molecule has 20 heavy (non-hydrogen) atoms. The lowest BCUT2D eigenvalue weighted by molar-refractivity contribution is 0.0554. The van der Waals surface area contributed by atoms with Crippen LogP contribution in [0.15, 0.2) is 21.5 Å². The molecule has 8 heteroatoms. The molecule has 0 aromatic heterocycles. The van der Waals surface area contributed by atoms with Crippen LogP contribution in [0.2, 0.25) is 0 Å². The minimum Gasteiger partial charge on any atom is -0.398 e. The highest BCUT2D eigenvalue weighted by Crippen LogP contribution is 2.28. The van der Waals surface area contributed by atoms with Crippen molar-refractivity contribution in [3.05, 3.63) is 22.2 Å². The molecule has 0 bridgehead atoms. The predicted molar refractivity (Wildman–Crippen MR) is 81.0 cm³/mol. The number of aliphatic hydroxyl groups excluding tert-OH is 1. The van der Waals surface area contributed by atoms with E-state index in [-0.39, 0.29) is 18.0 Å². The third-order valence-electron chi connectivity index (χ3n) is 2.88. The second-order valence-electron chi connectivity index (χ2n) is 4.51. The average Bonchev–Trinajstić information content (AvgIpc) is 2.33. The van der Waals surface area contributed by atoms with E-state index >= 15 is 0 Å². The Labute approximate surface area is 127 Å². The summed E-state index contributed by atoms with van der Waals surface area (Å²) < 4.78 is 31.5. The molecule has 0 heterocycles. The summed E-state index contributed by atoms with van der Waals surface area (Å²) in [6, 6.07) is 3.15. The molecule has 1 unspecified atom stereocenters. The number of aliphatic hydroxyl groups is 1. The van der Waals surface area contributed by atoms with Gasteiger partial charge in [0.25, 0.3) is 0 Å². The minimum atomic E-state index is -3.72. The molecule has 0 fully saturated rings. The number of anilines is 1. The van der Waals surface area contributed by atoms with Gasteiger partial charge in [0.2, 0.25) is 10.0 Å². The van der Waals surface area contributed by atoms with Crippen LogP contribution in [0.25, 0.3) is 0 Å². The number of rotatable bonds is 6. The number of likely N-dealkylation sites (N-methyl/N-ethyl adjacent to an activating group) is 1. The number of ether oxygens (including phenoxy) is 1. The van der Waals surface area contributed by atoms with Crippen LogP contribution in [0.3, 0.4) is 0 Å². The third-order valence-corrected chi connectivity index (χ3v) is 5.29. The lowest BCUT2D eigenvalue weighted by Crippen LogP contribution is -2.36. The zero-order valence-electron chi connectivity index (χ0n) is 11.6. The Hall–Kier alpha value is -0.670. The zero-order valence-corrected chi connectivity index (χ0v) is 14.0. The first kappa shape index (κ1) is 17.4. The number of halogens is 1. The number of nitrogens with zero attached hydrogens (tertiary/aromatic N) is 1. The molecule has 0 amide bonds. The van der Waals surface area contributed by atoms with Crippen molar-refractivity contribution in [2.75, 3.05) is 33.0 Å². The van der Waals surface area contributed by atoms with Gasteiger partial charge in [-0.1, -0.05) is 15.9 Å². The maximum Gasteiger partial charge on any atom is 0.243 e. The Morgan fingerprint density at radius 2 is 2.10 bits per heavy atom. The molecule has 0 aliphatic heterocycles. The van der Waals surface area contributed by atoms with Crippen molar-refractivity contribution >= 4 is 31.6 Å². The molecule has 1 rings (SSSR count). The van der Waals surface area contributed by atoms with E-state index in [1.807, 2.05) is 0 Å². The first-order chi connectivity index (χ1) is 9.20. The maximum absolute atomic E-state index is 12.5. The fraction of sp³-hybridized carbons (Fsp3) is 0.500. The number of nitrogens with two attached hydrogens (primary N) is 1. The summed E-state index contributed by atoms with van der Waals surface area (Å²) in [7, 11) is -0.871. The molecular formula is C12H19BrN2O4S. The van der Waals surface area contributed by atoms with Gasteiger partial charge < -0.3 is 15.6 Å². The van der Waals surface area contributed by atoms with Gasteiger partial charge in [0.1, 0.15) is 0 Å². The van der Waals surface area contributed by atoms with Gasteiger partial charge in [0.05, 0.1) is 17.6 Å². The van der Waals surface area contributed by atoms with Crippen molar-refractivity contribution in [2.45, 2.75) is 17.9 Å². The van der Waals surface area contributed by atoms with Crippen LogP contribution in [-0.2, 0) is 14.8 Å². The van der Waals surface area contributed by atoms with E-state index in [9.17, 15) is 13.5 Å². The summed E-state index contributed by atoms with van der Waals surface area (Å²) in [5, 5.41) is 9.64. The van der Waals surface area contributed by atoms with Gasteiger partial charge in [-0.25, -0.2) is 8.42 Å². The smallest absolute Gasteiger partial charge is 0.243 e. The number of methoxy groups -OCH3 is 1. The van der Waals surface area contributed by atoms with Gasteiger partial charge in [-0.2, -0.15) is 4.31 Å². The van der Waals surface area contributed by atoms with Crippen LogP contribution < -0.4 is 5.73 Å². The second-order valence-corrected chi connectivity index (χ2v) is 7.44. The number of nitrogen functional groups attached to an aromatic ring is 1. The number of benzene rings is 1. The van der Waals surface area contributed by atoms with Crippen LogP contribution >= 0.6 is 15.9 Å². The molecule has 1 aromatic rings. The molecule has 3 N–H and O–H groups in total. The van der Waals surface area contributed by atoms with Gasteiger partial charge in [0, 0.05) is 30.9 Å². The van der Waals surface area contributed by atoms with E-state index in [1.165, 1.54) is 20.2 Å². The van der Waals surface area contributed by atoms with E-state index in [0.717, 1.165) is 4.31 Å². The molecule has 1 atom stereocenters. The second kappa shape index (κ2) is 6.86. The molecule has 0 aliphatic rings. The molecule has 0 saturated carbocycles. The largest absolute Gasteiger partial charge is 0.398 e. The van der Waals surface area contributed by atoms with Crippen molar-refractivity contribution < 1.29 is 18.3 Å². The number of hydrogen-bond acceptors (Lipinski definition) is 5. The summed E-state index contributed by atoms with van der Waals surface area (Å²) >= 11 is 3.23. The zero-order chi connectivity index (χ0) is 15.5. The highest BCUT2D eigenvalue weighted by Gasteiger charge is 2.26. The topological polar surface area (TPSA) is 92.9 Å². The molecular weight excluding hydrogens is 348 g/mol. The van der Waals surface area contributed by atoms with Crippen molar-refractivity contribution in [3.8, 4) is 0 Å². The van der Waals surface area contributed by atoms with Gasteiger partial charge in [-0.05, 0) is 24.6 Å². The predicted octanol–water partition coefficient (Wildman–Crippen LogP) is 0.968. The molecule has 1 aromatic carbocycles. The van der Waals surface area contributed by atoms with Crippen molar-refractivity contribution in [2.24, 2.45) is 0 Å². The van der Waals surface area contributed by atoms with Crippen LogP contribution in [0, 0.1) is 6.92 Å². The van der Waals surface area contributed by atoms with Gasteiger partial charge in [-0.3, -0.25) is 0 Å². The Morgan fingerprint density at radius 1 is 1.50 bits per heavy atom. The monoisotopic (exact) mass is 366 g/mol. The van der Waals surface area contributed by atoms with E-state index in [4.69, 9.17) is 10.5 Å². The standard InChI is InChI=1S/C12H19BrN2O4S/c1-8-11(14)4-9(13)5-12(8)20(17,18)15(2)6-10(16)7-19-3/h4-5,10,16H,6-7,14H2,1-3H3. The summed E-state index contributed by atoms with van der Waals surface area (Å²) in [6.07, 6.45) is -0.885. The normalized spacial score (nSPS) is 13.7. The van der Waals surface area contributed by atoms with E-state index in [2.05, 4.69) is 15.9 Å². The Bertz CT molecular complexity index is 577.